The highest BCUT2D eigenvalue weighted by molar-refractivity contribution is 7.90. The van der Waals surface area contributed by atoms with Gasteiger partial charge in [0.25, 0.3) is 0 Å². The van der Waals surface area contributed by atoms with Gasteiger partial charge in [-0.2, -0.15) is 0 Å². The molecule has 0 aliphatic heterocycles. The van der Waals surface area contributed by atoms with Crippen molar-refractivity contribution < 1.29 is 17.2 Å². The molecule has 0 unspecified atom stereocenters. The first-order chi connectivity index (χ1) is 12.8. The lowest BCUT2D eigenvalue weighted by Gasteiger charge is -2.12. The molecule has 0 aliphatic rings. The molecule has 2 N–H and O–H groups in total. The number of rotatable bonds is 7. The van der Waals surface area contributed by atoms with Crippen LogP contribution < -0.4 is 10.6 Å². The van der Waals surface area contributed by atoms with E-state index in [1.807, 2.05) is 0 Å². The molecule has 8 heteroatoms. The topological polar surface area (TPSA) is 70.6 Å². The Morgan fingerprint density at radius 2 is 1.63 bits per heavy atom. The number of guanidine groups is 1. The lowest BCUT2D eigenvalue weighted by Crippen LogP contribution is -2.39. The molecular formula is C19H23F2N3O2S. The third-order valence-electron chi connectivity index (χ3n) is 4.00. The molecule has 0 spiro atoms. The van der Waals surface area contributed by atoms with Crippen molar-refractivity contribution in [3.05, 3.63) is 65.2 Å². The van der Waals surface area contributed by atoms with Crippen LogP contribution in [0, 0.1) is 11.6 Å². The maximum Gasteiger partial charge on any atom is 0.190 e. The monoisotopic (exact) mass is 395 g/mol. The summed E-state index contributed by atoms with van der Waals surface area (Å²) in [5.41, 5.74) is 1.30. The molecule has 0 atom stereocenters. The maximum atomic E-state index is 13.6. The summed E-state index contributed by atoms with van der Waals surface area (Å²) in [7, 11) is -1.57. The van der Waals surface area contributed by atoms with Gasteiger partial charge in [0.2, 0.25) is 0 Å². The van der Waals surface area contributed by atoms with Crippen molar-refractivity contribution in [2.45, 2.75) is 17.7 Å². The van der Waals surface area contributed by atoms with E-state index in [1.54, 1.807) is 37.4 Å². The zero-order chi connectivity index (χ0) is 19.9. The fourth-order valence-corrected chi connectivity index (χ4v) is 3.14. The fourth-order valence-electron chi connectivity index (χ4n) is 2.51. The Labute approximate surface area is 158 Å². The van der Waals surface area contributed by atoms with E-state index < -0.39 is 21.5 Å². The number of sulfone groups is 1. The predicted molar refractivity (Wildman–Crippen MR) is 103 cm³/mol. The predicted octanol–water partition coefficient (Wildman–Crippen LogP) is 2.32. The van der Waals surface area contributed by atoms with Gasteiger partial charge in [-0.1, -0.05) is 24.3 Å². The Kier molecular flexibility index (Phi) is 7.29. The lowest BCUT2D eigenvalue weighted by molar-refractivity contribution is 0.498. The highest BCUT2D eigenvalue weighted by Crippen LogP contribution is 2.12. The zero-order valence-electron chi connectivity index (χ0n) is 15.3. The standard InChI is InChI=1S/C19H23F2N3O2S/c1-22-19(24-13-11-15-4-3-5-17(20)18(15)21)23-12-10-14-6-8-16(9-7-14)27(2,25)26/h3-9H,10-13H2,1-2H3,(H2,22,23,24). The van der Waals surface area contributed by atoms with Crippen molar-refractivity contribution in [3.63, 3.8) is 0 Å². The average molecular weight is 395 g/mol. The molecule has 0 amide bonds. The van der Waals surface area contributed by atoms with Gasteiger partial charge < -0.3 is 10.6 Å². The number of halogens is 2. The van der Waals surface area contributed by atoms with E-state index in [1.165, 1.54) is 12.3 Å². The number of nitrogens with one attached hydrogen (secondary N) is 2. The van der Waals surface area contributed by atoms with E-state index in [9.17, 15) is 17.2 Å². The SMILES string of the molecule is CN=C(NCCc1ccc(S(C)(=O)=O)cc1)NCCc1cccc(F)c1F. The first-order valence-electron chi connectivity index (χ1n) is 8.47. The largest absolute Gasteiger partial charge is 0.356 e. The highest BCUT2D eigenvalue weighted by Gasteiger charge is 2.08. The maximum absolute atomic E-state index is 13.6. The number of hydrogen-bond donors (Lipinski definition) is 2. The summed E-state index contributed by atoms with van der Waals surface area (Å²) >= 11 is 0. The van der Waals surface area contributed by atoms with Crippen molar-refractivity contribution >= 4 is 15.8 Å². The van der Waals surface area contributed by atoms with Gasteiger partial charge in [0.1, 0.15) is 0 Å². The number of aliphatic imine (C=N–C) groups is 1. The van der Waals surface area contributed by atoms with Gasteiger partial charge in [0.05, 0.1) is 4.90 Å². The van der Waals surface area contributed by atoms with Gasteiger partial charge in [-0.25, -0.2) is 17.2 Å². The molecule has 0 aliphatic carbocycles. The Bertz CT molecular complexity index is 898. The normalized spacial score (nSPS) is 12.1. The molecule has 2 rings (SSSR count). The Morgan fingerprint density at radius 1 is 1.00 bits per heavy atom. The fraction of sp³-hybridized carbons (Fsp3) is 0.316. The Morgan fingerprint density at radius 3 is 2.22 bits per heavy atom. The third-order valence-corrected chi connectivity index (χ3v) is 5.13. The van der Waals surface area contributed by atoms with Crippen molar-refractivity contribution in [2.24, 2.45) is 4.99 Å². The summed E-state index contributed by atoms with van der Waals surface area (Å²) in [6.45, 7) is 0.995. The molecule has 0 saturated heterocycles. The first kappa shape index (κ1) is 20.8. The smallest absolute Gasteiger partial charge is 0.190 e. The number of nitrogens with zero attached hydrogens (tertiary/aromatic N) is 1. The van der Waals surface area contributed by atoms with Crippen LogP contribution in [0.2, 0.25) is 0 Å². The molecule has 27 heavy (non-hydrogen) atoms. The van der Waals surface area contributed by atoms with E-state index >= 15 is 0 Å². The number of hydrogen-bond acceptors (Lipinski definition) is 3. The first-order valence-corrected chi connectivity index (χ1v) is 10.4. The van der Waals surface area contributed by atoms with Crippen LogP contribution in [0.15, 0.2) is 52.4 Å². The Balaban J connectivity index is 1.78. The second-order valence-electron chi connectivity index (χ2n) is 6.05. The summed E-state index contributed by atoms with van der Waals surface area (Å²) in [5.74, 6) is -1.11. The van der Waals surface area contributed by atoms with Crippen LogP contribution in [0.4, 0.5) is 8.78 Å². The van der Waals surface area contributed by atoms with E-state index in [0.29, 0.717) is 42.3 Å². The molecule has 0 radical (unpaired) electrons. The minimum absolute atomic E-state index is 0.293. The van der Waals surface area contributed by atoms with Gasteiger partial charge in [-0.3, -0.25) is 4.99 Å². The van der Waals surface area contributed by atoms with Crippen LogP contribution in [-0.4, -0.2) is 40.8 Å². The van der Waals surface area contributed by atoms with Crippen LogP contribution in [0.5, 0.6) is 0 Å². The molecule has 0 aromatic heterocycles. The summed E-state index contributed by atoms with van der Waals surface area (Å²) < 4.78 is 49.7. The van der Waals surface area contributed by atoms with E-state index in [4.69, 9.17) is 0 Å². The van der Waals surface area contributed by atoms with Crippen LogP contribution in [0.3, 0.4) is 0 Å². The summed E-state index contributed by atoms with van der Waals surface area (Å²) in [6.07, 6.45) is 2.19. The molecule has 0 saturated carbocycles. The van der Waals surface area contributed by atoms with Gasteiger partial charge in [-0.15, -0.1) is 0 Å². The Hall–Kier alpha value is -2.48. The molecule has 146 valence electrons. The average Bonchev–Trinajstić information content (AvgIpc) is 2.63. The van der Waals surface area contributed by atoms with Crippen LogP contribution >= 0.6 is 0 Å². The molecule has 0 heterocycles. The minimum Gasteiger partial charge on any atom is -0.356 e. The van der Waals surface area contributed by atoms with Gasteiger partial charge in [-0.05, 0) is 42.2 Å². The lowest BCUT2D eigenvalue weighted by atomic mass is 10.1. The molecular weight excluding hydrogens is 372 g/mol. The van der Waals surface area contributed by atoms with E-state index in [0.717, 1.165) is 11.6 Å². The quantitative estimate of drug-likeness (QED) is 0.558. The molecule has 0 bridgehead atoms. The summed E-state index contributed by atoms with van der Waals surface area (Å²) in [5, 5.41) is 6.18. The van der Waals surface area contributed by atoms with E-state index in [-0.39, 0.29) is 0 Å². The molecule has 2 aromatic carbocycles. The highest BCUT2D eigenvalue weighted by atomic mass is 32.2. The van der Waals surface area contributed by atoms with E-state index in [2.05, 4.69) is 15.6 Å². The van der Waals surface area contributed by atoms with Crippen molar-refractivity contribution in [2.75, 3.05) is 26.4 Å². The molecule has 2 aromatic rings. The van der Waals surface area contributed by atoms with Gasteiger partial charge >= 0.3 is 0 Å². The second-order valence-corrected chi connectivity index (χ2v) is 8.07. The summed E-state index contributed by atoms with van der Waals surface area (Å²) in [4.78, 5) is 4.38. The van der Waals surface area contributed by atoms with Crippen LogP contribution in [0.25, 0.3) is 0 Å². The minimum atomic E-state index is -3.19. The van der Waals surface area contributed by atoms with Crippen LogP contribution in [-0.2, 0) is 22.7 Å². The van der Waals surface area contributed by atoms with Crippen LogP contribution in [0.1, 0.15) is 11.1 Å². The van der Waals surface area contributed by atoms with Crippen molar-refractivity contribution in [1.29, 1.82) is 0 Å². The molecule has 0 fully saturated rings. The molecule has 5 nitrogen and oxygen atoms in total. The third kappa shape index (κ3) is 6.32. The zero-order valence-corrected chi connectivity index (χ0v) is 16.1. The van der Waals surface area contributed by atoms with Gasteiger partial charge in [0, 0.05) is 26.4 Å². The van der Waals surface area contributed by atoms with Crippen molar-refractivity contribution in [1.82, 2.24) is 10.6 Å². The summed E-state index contributed by atoms with van der Waals surface area (Å²) in [6, 6.07) is 10.9. The van der Waals surface area contributed by atoms with Crippen molar-refractivity contribution in [3.8, 4) is 0 Å². The second kappa shape index (κ2) is 9.45. The van der Waals surface area contributed by atoms with Gasteiger partial charge in [0.15, 0.2) is 27.4 Å². The number of benzene rings is 2.